The van der Waals surface area contributed by atoms with Crippen LogP contribution in [-0.4, -0.2) is 22.9 Å². The Balaban J connectivity index is 1.41. The van der Waals surface area contributed by atoms with E-state index in [2.05, 4.69) is 26.8 Å². The summed E-state index contributed by atoms with van der Waals surface area (Å²) in [5.74, 6) is 2.04. The lowest BCUT2D eigenvalue weighted by molar-refractivity contribution is -0.0827. The molecular weight excluding hydrogens is 474 g/mol. The van der Waals surface area contributed by atoms with Gasteiger partial charge in [0.1, 0.15) is 17.1 Å². The van der Waals surface area contributed by atoms with Gasteiger partial charge in [0.05, 0.1) is 12.7 Å². The maximum atomic E-state index is 10.6. The van der Waals surface area contributed by atoms with E-state index >= 15 is 0 Å². The number of aromatic hydroxyl groups is 2. The van der Waals surface area contributed by atoms with Gasteiger partial charge in [-0.15, -0.1) is 0 Å². The number of nitrogen functional groups attached to an aromatic ring is 1. The highest BCUT2D eigenvalue weighted by Crippen LogP contribution is 2.54. The fraction of sp³-hybridized carbons (Fsp3) is 0.333. The SMILES string of the molecule is COc1cc(/C=C/c2cc(O)c(/C=C/c3ccc(N)cc3)c(O)c2)cc2c1O[C@]1(C)CCCC(C)(C)[C@H]1C2. The van der Waals surface area contributed by atoms with Crippen LogP contribution in [0.3, 0.4) is 0 Å². The standard InChI is InChI=1S/C33H37NO4/c1-32(2)14-5-15-33(3)30(32)20-24-16-22(19-29(37-4)31(24)38-33)6-7-23-17-27(35)26(28(36)18-23)13-10-21-8-11-25(34)12-9-21/h6-13,16-19,30,35-36H,5,14-15,20,34H2,1-4H3/b7-6+,13-10+/t30-,33-/m1/s1. The van der Waals surface area contributed by atoms with Crippen molar-refractivity contribution in [3.8, 4) is 23.0 Å². The Labute approximate surface area is 225 Å². The third-order valence-electron chi connectivity index (χ3n) is 8.31. The van der Waals surface area contributed by atoms with Crippen LogP contribution in [0.4, 0.5) is 5.69 Å². The molecule has 5 rings (SSSR count). The molecule has 0 spiro atoms. The van der Waals surface area contributed by atoms with Gasteiger partial charge >= 0.3 is 0 Å². The van der Waals surface area contributed by atoms with Crippen LogP contribution < -0.4 is 15.2 Å². The third kappa shape index (κ3) is 4.98. The van der Waals surface area contributed by atoms with E-state index in [9.17, 15) is 10.2 Å². The van der Waals surface area contributed by atoms with Crippen molar-refractivity contribution in [2.45, 2.75) is 52.1 Å². The van der Waals surface area contributed by atoms with Crippen molar-refractivity contribution in [2.75, 3.05) is 12.8 Å². The highest BCUT2D eigenvalue weighted by Gasteiger charge is 2.51. The molecule has 3 aromatic carbocycles. The lowest BCUT2D eigenvalue weighted by atomic mass is 9.59. The summed E-state index contributed by atoms with van der Waals surface area (Å²) in [7, 11) is 1.68. The quantitative estimate of drug-likeness (QED) is 0.243. The number of hydrogen-bond acceptors (Lipinski definition) is 5. The molecule has 198 valence electrons. The van der Waals surface area contributed by atoms with Gasteiger partial charge < -0.3 is 25.4 Å². The highest BCUT2D eigenvalue weighted by atomic mass is 16.5. The first-order valence-electron chi connectivity index (χ1n) is 13.3. The van der Waals surface area contributed by atoms with Gasteiger partial charge in [0.15, 0.2) is 11.5 Å². The van der Waals surface area contributed by atoms with Gasteiger partial charge in [0, 0.05) is 11.6 Å². The Kier molecular flexibility index (Phi) is 6.64. The van der Waals surface area contributed by atoms with E-state index in [4.69, 9.17) is 15.2 Å². The average molecular weight is 512 g/mol. The molecule has 0 radical (unpaired) electrons. The molecule has 2 aliphatic rings. The molecule has 1 fully saturated rings. The zero-order chi connectivity index (χ0) is 27.1. The topological polar surface area (TPSA) is 84.9 Å². The summed E-state index contributed by atoms with van der Waals surface area (Å²) < 4.78 is 12.4. The van der Waals surface area contributed by atoms with Gasteiger partial charge in [0.25, 0.3) is 0 Å². The van der Waals surface area contributed by atoms with Gasteiger partial charge in [-0.25, -0.2) is 0 Å². The van der Waals surface area contributed by atoms with Crippen LogP contribution in [0.2, 0.25) is 0 Å². The number of hydrogen-bond donors (Lipinski definition) is 3. The van der Waals surface area contributed by atoms with E-state index in [0.717, 1.165) is 41.0 Å². The summed E-state index contributed by atoms with van der Waals surface area (Å²) in [4.78, 5) is 0. The molecule has 0 amide bonds. The summed E-state index contributed by atoms with van der Waals surface area (Å²) in [6, 6.07) is 14.8. The molecule has 0 bridgehead atoms. The van der Waals surface area contributed by atoms with Crippen molar-refractivity contribution >= 4 is 30.0 Å². The molecule has 3 aromatic rings. The van der Waals surface area contributed by atoms with Gasteiger partial charge in [0.2, 0.25) is 0 Å². The molecule has 0 unspecified atom stereocenters. The maximum Gasteiger partial charge on any atom is 0.165 e. The van der Waals surface area contributed by atoms with Crippen LogP contribution in [0.25, 0.3) is 24.3 Å². The Morgan fingerprint density at radius 3 is 2.16 bits per heavy atom. The Morgan fingerprint density at radius 1 is 0.868 bits per heavy atom. The van der Waals surface area contributed by atoms with Crippen LogP contribution in [0.15, 0.2) is 48.5 Å². The second kappa shape index (κ2) is 9.79. The number of nitrogens with two attached hydrogens (primary N) is 1. The second-order valence-corrected chi connectivity index (χ2v) is 11.5. The zero-order valence-electron chi connectivity index (χ0n) is 22.6. The first kappa shape index (κ1) is 25.8. The molecule has 2 atom stereocenters. The van der Waals surface area contributed by atoms with Gasteiger partial charge in [-0.2, -0.15) is 0 Å². The number of rotatable bonds is 5. The Bertz CT molecular complexity index is 1380. The minimum Gasteiger partial charge on any atom is -0.507 e. The number of phenols is 2. The van der Waals surface area contributed by atoms with E-state index in [-0.39, 0.29) is 22.5 Å². The maximum absolute atomic E-state index is 10.6. The van der Waals surface area contributed by atoms with E-state index in [0.29, 0.717) is 22.7 Å². The first-order valence-corrected chi connectivity index (χ1v) is 13.3. The predicted molar refractivity (Wildman–Crippen MR) is 155 cm³/mol. The lowest BCUT2D eigenvalue weighted by Gasteiger charge is -2.53. The molecule has 5 nitrogen and oxygen atoms in total. The molecule has 0 saturated heterocycles. The normalized spacial score (nSPS) is 22.2. The van der Waals surface area contributed by atoms with Crippen molar-refractivity contribution in [1.29, 1.82) is 0 Å². The van der Waals surface area contributed by atoms with E-state index in [1.54, 1.807) is 25.3 Å². The van der Waals surface area contributed by atoms with Crippen LogP contribution in [0, 0.1) is 11.3 Å². The molecule has 0 aromatic heterocycles. The van der Waals surface area contributed by atoms with Crippen LogP contribution in [0.5, 0.6) is 23.0 Å². The van der Waals surface area contributed by atoms with Crippen molar-refractivity contribution in [1.82, 2.24) is 0 Å². The smallest absolute Gasteiger partial charge is 0.165 e. The van der Waals surface area contributed by atoms with Gasteiger partial charge in [-0.1, -0.05) is 44.2 Å². The van der Waals surface area contributed by atoms with E-state index in [1.165, 1.54) is 12.8 Å². The van der Waals surface area contributed by atoms with Crippen LogP contribution in [0.1, 0.15) is 67.9 Å². The van der Waals surface area contributed by atoms with Crippen LogP contribution in [-0.2, 0) is 6.42 Å². The summed E-state index contributed by atoms with van der Waals surface area (Å²) in [5.41, 5.74) is 10.6. The van der Waals surface area contributed by atoms with Gasteiger partial charge in [-0.3, -0.25) is 0 Å². The molecule has 1 aliphatic heterocycles. The van der Waals surface area contributed by atoms with Crippen molar-refractivity contribution in [2.24, 2.45) is 11.3 Å². The van der Waals surface area contributed by atoms with Gasteiger partial charge in [-0.05, 0) is 103 Å². The molecule has 38 heavy (non-hydrogen) atoms. The Morgan fingerprint density at radius 2 is 1.50 bits per heavy atom. The largest absolute Gasteiger partial charge is 0.507 e. The average Bonchev–Trinajstić information content (AvgIpc) is 2.86. The second-order valence-electron chi connectivity index (χ2n) is 11.5. The minimum absolute atomic E-state index is 0.00609. The van der Waals surface area contributed by atoms with Crippen molar-refractivity contribution < 1.29 is 19.7 Å². The molecular formula is C33H37NO4. The number of fused-ring (bicyclic) bond motifs is 2. The fourth-order valence-corrected chi connectivity index (χ4v) is 6.23. The molecule has 1 aliphatic carbocycles. The summed E-state index contributed by atoms with van der Waals surface area (Å²) >= 11 is 0. The highest BCUT2D eigenvalue weighted by molar-refractivity contribution is 5.79. The minimum atomic E-state index is -0.182. The molecule has 4 N–H and O–H groups in total. The molecule has 1 heterocycles. The van der Waals surface area contributed by atoms with E-state index < -0.39 is 0 Å². The Hall–Kier alpha value is -3.86. The number of methoxy groups -OCH3 is 1. The predicted octanol–water partition coefficient (Wildman–Crippen LogP) is 7.55. The fourth-order valence-electron chi connectivity index (χ4n) is 6.23. The van der Waals surface area contributed by atoms with Crippen molar-refractivity contribution in [3.05, 3.63) is 76.3 Å². The molecule has 1 saturated carbocycles. The number of phenolic OH excluding ortho intramolecular Hbond substituents is 2. The molecule has 5 heteroatoms. The summed E-state index contributed by atoms with van der Waals surface area (Å²) in [6.45, 7) is 6.97. The summed E-state index contributed by atoms with van der Waals surface area (Å²) in [5, 5.41) is 21.2. The number of anilines is 1. The first-order chi connectivity index (χ1) is 18.1. The summed E-state index contributed by atoms with van der Waals surface area (Å²) in [6.07, 6.45) is 11.8. The monoisotopic (exact) mass is 511 g/mol. The van der Waals surface area contributed by atoms with Crippen LogP contribution >= 0.6 is 0 Å². The number of ether oxygens (including phenoxy) is 2. The third-order valence-corrected chi connectivity index (χ3v) is 8.31. The zero-order valence-corrected chi connectivity index (χ0v) is 22.6. The number of benzene rings is 3. The lowest BCUT2D eigenvalue weighted by Crippen LogP contribution is -2.54. The van der Waals surface area contributed by atoms with E-state index in [1.807, 2.05) is 48.6 Å². The van der Waals surface area contributed by atoms with Crippen molar-refractivity contribution in [3.63, 3.8) is 0 Å².